The molecule has 0 saturated carbocycles. The normalized spacial score (nSPS) is 10.3. The maximum atomic E-state index is 11.5. The number of ether oxygens (including phenoxy) is 1. The summed E-state index contributed by atoms with van der Waals surface area (Å²) in [5, 5.41) is 3.28. The molecule has 21 heavy (non-hydrogen) atoms. The summed E-state index contributed by atoms with van der Waals surface area (Å²) in [6.45, 7) is 2.26. The minimum Gasteiger partial charge on any atom is -0.465 e. The molecule has 2 rings (SSSR count). The lowest BCUT2D eigenvalue weighted by molar-refractivity contribution is 0.0599. The van der Waals surface area contributed by atoms with Crippen molar-refractivity contribution in [2.45, 2.75) is 13.5 Å². The summed E-state index contributed by atoms with van der Waals surface area (Å²) in [5.74, 6) is 0.890. The molecule has 1 aromatic heterocycles. The van der Waals surface area contributed by atoms with E-state index in [0.29, 0.717) is 23.6 Å². The highest BCUT2D eigenvalue weighted by atomic mass is 16.5. The molecule has 0 aliphatic heterocycles. The van der Waals surface area contributed by atoms with Gasteiger partial charge in [0.05, 0.1) is 13.7 Å². The third-order valence-electron chi connectivity index (χ3n) is 3.20. The molecule has 0 aliphatic rings. The maximum Gasteiger partial charge on any atom is 0.341 e. The first kappa shape index (κ1) is 15.0. The fourth-order valence-electron chi connectivity index (χ4n) is 2.03. The molecule has 2 aromatic rings. The molecule has 1 aromatic carbocycles. The van der Waals surface area contributed by atoms with Gasteiger partial charge in [0.25, 0.3) is 0 Å². The number of methoxy groups -OCH3 is 1. The van der Waals surface area contributed by atoms with Crippen molar-refractivity contribution in [3.63, 3.8) is 0 Å². The van der Waals surface area contributed by atoms with Gasteiger partial charge in [-0.15, -0.1) is 0 Å². The number of rotatable bonds is 5. The topological polar surface area (TPSA) is 54.7 Å². The monoisotopic (exact) mass is 288 g/mol. The summed E-state index contributed by atoms with van der Waals surface area (Å²) in [4.78, 5) is 13.6. The quantitative estimate of drug-likeness (QED) is 0.857. The first-order valence-electron chi connectivity index (χ1n) is 6.70. The Morgan fingerprint density at radius 2 is 2.10 bits per heavy atom. The molecule has 1 N–H and O–H groups in total. The third-order valence-corrected chi connectivity index (χ3v) is 3.20. The zero-order chi connectivity index (χ0) is 15.4. The molecule has 0 aliphatic carbocycles. The van der Waals surface area contributed by atoms with Gasteiger partial charge in [-0.25, -0.2) is 4.79 Å². The Bertz CT molecular complexity index is 632. The van der Waals surface area contributed by atoms with Gasteiger partial charge >= 0.3 is 5.97 Å². The summed E-state index contributed by atoms with van der Waals surface area (Å²) in [7, 11) is 5.36. The van der Waals surface area contributed by atoms with Crippen LogP contribution in [-0.4, -0.2) is 27.2 Å². The van der Waals surface area contributed by atoms with Crippen LogP contribution in [0.2, 0.25) is 0 Å². The standard InChI is InChI=1S/C16H20N2O3/c1-11-15(16(19)20-4)9-14(21-11)10-17-12-6-5-7-13(8-12)18(2)3/h5-9,17H,10H2,1-4H3. The van der Waals surface area contributed by atoms with E-state index < -0.39 is 0 Å². The number of benzene rings is 1. The molecule has 0 fully saturated rings. The van der Waals surface area contributed by atoms with E-state index in [1.165, 1.54) is 7.11 Å². The lowest BCUT2D eigenvalue weighted by Gasteiger charge is -2.14. The minimum absolute atomic E-state index is 0.378. The van der Waals surface area contributed by atoms with Gasteiger partial charge in [-0.3, -0.25) is 0 Å². The number of carbonyl (C=O) groups excluding carboxylic acids is 1. The number of nitrogens with one attached hydrogen (secondary N) is 1. The van der Waals surface area contributed by atoms with Crippen molar-refractivity contribution in [3.05, 3.63) is 47.4 Å². The van der Waals surface area contributed by atoms with E-state index in [0.717, 1.165) is 11.4 Å². The molecule has 0 unspecified atom stereocenters. The zero-order valence-electron chi connectivity index (χ0n) is 12.8. The van der Waals surface area contributed by atoms with Crippen molar-refractivity contribution in [2.75, 3.05) is 31.4 Å². The Hall–Kier alpha value is -2.43. The number of hydrogen-bond donors (Lipinski definition) is 1. The number of hydrogen-bond acceptors (Lipinski definition) is 5. The van der Waals surface area contributed by atoms with Crippen LogP contribution in [0.1, 0.15) is 21.9 Å². The number of nitrogens with zero attached hydrogens (tertiary/aromatic N) is 1. The average molecular weight is 288 g/mol. The van der Waals surface area contributed by atoms with Crippen molar-refractivity contribution in [1.29, 1.82) is 0 Å². The van der Waals surface area contributed by atoms with Gasteiger partial charge in [-0.2, -0.15) is 0 Å². The van der Waals surface area contributed by atoms with Gasteiger partial charge < -0.3 is 19.4 Å². The summed E-state index contributed by atoms with van der Waals surface area (Å²) in [6, 6.07) is 9.79. The van der Waals surface area contributed by atoms with E-state index in [4.69, 9.17) is 9.15 Å². The van der Waals surface area contributed by atoms with Gasteiger partial charge in [-0.05, 0) is 31.2 Å². The molecule has 0 saturated heterocycles. The summed E-state index contributed by atoms with van der Waals surface area (Å²) in [6.07, 6.45) is 0. The summed E-state index contributed by atoms with van der Waals surface area (Å²) >= 11 is 0. The zero-order valence-corrected chi connectivity index (χ0v) is 12.8. The average Bonchev–Trinajstić information content (AvgIpc) is 2.85. The Balaban J connectivity index is 2.06. The number of anilines is 2. The summed E-state index contributed by atoms with van der Waals surface area (Å²) < 4.78 is 10.3. The molecular formula is C16H20N2O3. The van der Waals surface area contributed by atoms with Crippen molar-refractivity contribution in [2.24, 2.45) is 0 Å². The lowest BCUT2D eigenvalue weighted by Crippen LogP contribution is -2.09. The van der Waals surface area contributed by atoms with Gasteiger partial charge in [0.1, 0.15) is 17.1 Å². The molecule has 0 radical (unpaired) electrons. The van der Waals surface area contributed by atoms with Crippen molar-refractivity contribution >= 4 is 17.3 Å². The van der Waals surface area contributed by atoms with Crippen LogP contribution in [0.3, 0.4) is 0 Å². The number of esters is 1. The SMILES string of the molecule is COC(=O)c1cc(CNc2cccc(N(C)C)c2)oc1C. The largest absolute Gasteiger partial charge is 0.465 e. The van der Waals surface area contributed by atoms with E-state index in [9.17, 15) is 4.79 Å². The number of aryl methyl sites for hydroxylation is 1. The maximum absolute atomic E-state index is 11.5. The fourth-order valence-corrected chi connectivity index (χ4v) is 2.03. The summed E-state index contributed by atoms with van der Waals surface area (Å²) in [5.41, 5.74) is 2.58. The first-order valence-corrected chi connectivity index (χ1v) is 6.70. The highest BCUT2D eigenvalue weighted by Crippen LogP contribution is 2.20. The second-order valence-electron chi connectivity index (χ2n) is 4.97. The fraction of sp³-hybridized carbons (Fsp3) is 0.312. The minimum atomic E-state index is -0.378. The smallest absolute Gasteiger partial charge is 0.341 e. The molecule has 0 amide bonds. The Labute approximate surface area is 124 Å². The van der Waals surface area contributed by atoms with E-state index >= 15 is 0 Å². The van der Waals surface area contributed by atoms with Crippen molar-refractivity contribution in [3.8, 4) is 0 Å². The van der Waals surface area contributed by atoms with E-state index in [2.05, 4.69) is 11.4 Å². The lowest BCUT2D eigenvalue weighted by atomic mass is 10.2. The molecule has 0 atom stereocenters. The third kappa shape index (κ3) is 3.56. The molecule has 0 bridgehead atoms. The first-order chi connectivity index (χ1) is 10.0. The Kier molecular flexibility index (Phi) is 4.52. The van der Waals surface area contributed by atoms with Crippen LogP contribution in [0.15, 0.2) is 34.7 Å². The van der Waals surface area contributed by atoms with Crippen LogP contribution >= 0.6 is 0 Å². The molecule has 5 heteroatoms. The van der Waals surface area contributed by atoms with E-state index in [1.807, 2.05) is 37.2 Å². The highest BCUT2D eigenvalue weighted by Gasteiger charge is 2.15. The van der Waals surface area contributed by atoms with Gasteiger partial charge in [0.15, 0.2) is 0 Å². The Morgan fingerprint density at radius 1 is 1.33 bits per heavy atom. The van der Waals surface area contributed by atoms with Gasteiger partial charge in [-0.1, -0.05) is 6.07 Å². The van der Waals surface area contributed by atoms with Crippen LogP contribution in [0.5, 0.6) is 0 Å². The second-order valence-corrected chi connectivity index (χ2v) is 4.97. The Morgan fingerprint density at radius 3 is 2.76 bits per heavy atom. The van der Waals surface area contributed by atoms with E-state index in [-0.39, 0.29) is 5.97 Å². The molecule has 5 nitrogen and oxygen atoms in total. The molecular weight excluding hydrogens is 268 g/mol. The molecule has 1 heterocycles. The van der Waals surface area contributed by atoms with Crippen molar-refractivity contribution < 1.29 is 13.9 Å². The van der Waals surface area contributed by atoms with Crippen LogP contribution in [-0.2, 0) is 11.3 Å². The molecule has 0 spiro atoms. The predicted molar refractivity (Wildman–Crippen MR) is 82.9 cm³/mol. The van der Waals surface area contributed by atoms with Gasteiger partial charge in [0.2, 0.25) is 0 Å². The van der Waals surface area contributed by atoms with Gasteiger partial charge in [0, 0.05) is 25.5 Å². The highest BCUT2D eigenvalue weighted by molar-refractivity contribution is 5.90. The second kappa shape index (κ2) is 6.35. The number of furan rings is 1. The van der Waals surface area contributed by atoms with Crippen LogP contribution in [0.4, 0.5) is 11.4 Å². The van der Waals surface area contributed by atoms with E-state index in [1.54, 1.807) is 13.0 Å². The van der Waals surface area contributed by atoms with Crippen molar-refractivity contribution in [1.82, 2.24) is 0 Å². The van der Waals surface area contributed by atoms with Crippen LogP contribution in [0.25, 0.3) is 0 Å². The molecule has 112 valence electrons. The number of carbonyl (C=O) groups is 1. The predicted octanol–water partition coefficient (Wildman–Crippen LogP) is 3.05. The van der Waals surface area contributed by atoms with Crippen LogP contribution in [0, 0.1) is 6.92 Å². The van der Waals surface area contributed by atoms with Crippen LogP contribution < -0.4 is 10.2 Å².